The van der Waals surface area contributed by atoms with E-state index in [1.165, 1.54) is 40.1 Å². The summed E-state index contributed by atoms with van der Waals surface area (Å²) >= 11 is 1.85. The Morgan fingerprint density at radius 2 is 2.00 bits per heavy atom. The number of rotatable bonds is 3. The normalized spacial score (nSPS) is 26.2. The second kappa shape index (κ2) is 4.46. The lowest BCUT2D eigenvalue weighted by molar-refractivity contribution is 0.155. The Hall–Kier alpha value is -1.12. The van der Waals surface area contributed by atoms with E-state index in [1.54, 1.807) is 0 Å². The van der Waals surface area contributed by atoms with Crippen LogP contribution in [0.5, 0.6) is 0 Å². The topological polar surface area (TPSA) is 20.2 Å². The summed E-state index contributed by atoms with van der Waals surface area (Å²) in [6, 6.07) is 12.9. The fraction of sp³-hybridized carbons (Fsp3) is 0.412. The zero-order chi connectivity index (χ0) is 12.8. The first kappa shape index (κ1) is 11.7. The molecule has 19 heavy (non-hydrogen) atoms. The van der Waals surface area contributed by atoms with Gasteiger partial charge in [0.25, 0.3) is 0 Å². The standard InChI is InChI=1S/C17H18OS/c18-17(16-9-12-7-4-8-15(12)19-16)14-10-13(14)11-5-2-1-3-6-11/h1-3,5-6,9,13-14,17-18H,4,7-8,10H2. The molecule has 0 radical (unpaired) electrons. The van der Waals surface area contributed by atoms with Crippen LogP contribution in [-0.4, -0.2) is 5.11 Å². The van der Waals surface area contributed by atoms with Crippen LogP contribution in [-0.2, 0) is 12.8 Å². The number of fused-ring (bicyclic) bond motifs is 1. The van der Waals surface area contributed by atoms with Crippen molar-refractivity contribution in [2.24, 2.45) is 5.92 Å². The molecule has 2 heteroatoms. The smallest absolute Gasteiger partial charge is 0.0916 e. The van der Waals surface area contributed by atoms with E-state index in [0.29, 0.717) is 11.8 Å². The molecule has 3 atom stereocenters. The summed E-state index contributed by atoms with van der Waals surface area (Å²) in [6.45, 7) is 0. The molecule has 0 spiro atoms. The SMILES string of the molecule is OC(c1cc2c(s1)CCC2)C1CC1c1ccccc1. The maximum atomic E-state index is 10.6. The van der Waals surface area contributed by atoms with Crippen LogP contribution in [0.1, 0.15) is 45.7 Å². The first-order valence-corrected chi connectivity index (χ1v) is 7.99. The van der Waals surface area contributed by atoms with Crippen LogP contribution >= 0.6 is 11.3 Å². The summed E-state index contributed by atoms with van der Waals surface area (Å²) in [5.41, 5.74) is 2.88. The highest BCUT2D eigenvalue weighted by Crippen LogP contribution is 2.55. The molecule has 4 rings (SSSR count). The predicted octanol–water partition coefficient (Wildman–Crippen LogP) is 4.07. The Labute approximate surface area is 117 Å². The third kappa shape index (κ3) is 2.03. The molecule has 1 fully saturated rings. The van der Waals surface area contributed by atoms with Gasteiger partial charge in [-0.1, -0.05) is 30.3 Å². The van der Waals surface area contributed by atoms with Gasteiger partial charge in [-0.25, -0.2) is 0 Å². The van der Waals surface area contributed by atoms with Crippen molar-refractivity contribution >= 4 is 11.3 Å². The summed E-state index contributed by atoms with van der Waals surface area (Å²) in [5.74, 6) is 0.995. The molecule has 98 valence electrons. The minimum atomic E-state index is -0.249. The number of aryl methyl sites for hydroxylation is 2. The van der Waals surface area contributed by atoms with E-state index in [2.05, 4.69) is 36.4 Å². The van der Waals surface area contributed by atoms with Crippen LogP contribution in [0.3, 0.4) is 0 Å². The van der Waals surface area contributed by atoms with E-state index in [4.69, 9.17) is 0 Å². The molecule has 3 unspecified atom stereocenters. The zero-order valence-electron chi connectivity index (χ0n) is 10.9. The quantitative estimate of drug-likeness (QED) is 0.891. The number of hydrogen-bond donors (Lipinski definition) is 1. The Kier molecular flexibility index (Phi) is 2.75. The Morgan fingerprint density at radius 3 is 2.79 bits per heavy atom. The van der Waals surface area contributed by atoms with E-state index in [0.717, 1.165) is 6.42 Å². The molecule has 1 N–H and O–H groups in total. The Bertz CT molecular complexity index is 565. The molecule has 0 aliphatic heterocycles. The van der Waals surface area contributed by atoms with Gasteiger partial charge >= 0.3 is 0 Å². The van der Waals surface area contributed by atoms with Crippen LogP contribution in [0.25, 0.3) is 0 Å². The lowest BCUT2D eigenvalue weighted by Gasteiger charge is -2.08. The van der Waals surface area contributed by atoms with Gasteiger partial charge in [-0.05, 0) is 54.7 Å². The fourth-order valence-corrected chi connectivity index (χ4v) is 4.68. The maximum Gasteiger partial charge on any atom is 0.0916 e. The molecule has 2 aromatic rings. The highest BCUT2D eigenvalue weighted by Gasteiger charge is 2.44. The number of aliphatic hydroxyl groups is 1. The average molecular weight is 270 g/mol. The lowest BCUT2D eigenvalue weighted by atomic mass is 10.1. The maximum absolute atomic E-state index is 10.6. The van der Waals surface area contributed by atoms with E-state index >= 15 is 0 Å². The van der Waals surface area contributed by atoms with Crippen LogP contribution in [0, 0.1) is 5.92 Å². The van der Waals surface area contributed by atoms with E-state index in [-0.39, 0.29) is 6.10 Å². The summed E-state index contributed by atoms with van der Waals surface area (Å²) in [7, 11) is 0. The number of benzene rings is 1. The monoisotopic (exact) mass is 270 g/mol. The molecular formula is C17H18OS. The van der Waals surface area contributed by atoms with Gasteiger partial charge in [0.15, 0.2) is 0 Å². The second-order valence-electron chi connectivity index (χ2n) is 5.81. The highest BCUT2D eigenvalue weighted by molar-refractivity contribution is 7.12. The molecule has 1 nitrogen and oxygen atoms in total. The molecule has 2 aliphatic rings. The van der Waals surface area contributed by atoms with Gasteiger partial charge in [-0.2, -0.15) is 0 Å². The minimum Gasteiger partial charge on any atom is -0.387 e. The van der Waals surface area contributed by atoms with Gasteiger partial charge in [0.1, 0.15) is 0 Å². The summed E-state index contributed by atoms with van der Waals surface area (Å²) in [4.78, 5) is 2.72. The minimum absolute atomic E-state index is 0.249. The number of hydrogen-bond acceptors (Lipinski definition) is 2. The summed E-state index contributed by atoms with van der Waals surface area (Å²) in [6.07, 6.45) is 4.62. The van der Waals surface area contributed by atoms with Crippen molar-refractivity contribution in [1.82, 2.24) is 0 Å². The lowest BCUT2D eigenvalue weighted by Crippen LogP contribution is -1.99. The molecular weight excluding hydrogens is 252 g/mol. The number of aliphatic hydroxyl groups excluding tert-OH is 1. The molecule has 1 aromatic carbocycles. The molecule has 0 saturated heterocycles. The highest BCUT2D eigenvalue weighted by atomic mass is 32.1. The molecule has 1 saturated carbocycles. The van der Waals surface area contributed by atoms with E-state index in [9.17, 15) is 5.11 Å². The van der Waals surface area contributed by atoms with Crippen molar-refractivity contribution in [3.05, 3.63) is 57.3 Å². The molecule has 0 amide bonds. The molecule has 2 aliphatic carbocycles. The summed E-state index contributed by atoms with van der Waals surface area (Å²) in [5, 5.41) is 10.6. The molecule has 0 bridgehead atoms. The van der Waals surface area contributed by atoms with Gasteiger partial charge < -0.3 is 5.11 Å². The fourth-order valence-electron chi connectivity index (χ4n) is 3.36. The molecule has 1 aromatic heterocycles. The molecule has 1 heterocycles. The first-order chi connectivity index (χ1) is 9.33. The first-order valence-electron chi connectivity index (χ1n) is 7.17. The summed E-state index contributed by atoms with van der Waals surface area (Å²) < 4.78 is 0. The average Bonchev–Trinajstić information content (AvgIpc) is 2.95. The number of thiophene rings is 1. The van der Waals surface area contributed by atoms with Crippen LogP contribution < -0.4 is 0 Å². The van der Waals surface area contributed by atoms with Crippen molar-refractivity contribution in [2.45, 2.75) is 37.7 Å². The van der Waals surface area contributed by atoms with Gasteiger partial charge in [-0.15, -0.1) is 11.3 Å². The third-order valence-electron chi connectivity index (χ3n) is 4.53. The van der Waals surface area contributed by atoms with E-state index < -0.39 is 0 Å². The van der Waals surface area contributed by atoms with Gasteiger partial charge in [0, 0.05) is 9.75 Å². The second-order valence-corrected chi connectivity index (χ2v) is 6.98. The predicted molar refractivity (Wildman–Crippen MR) is 78.6 cm³/mol. The van der Waals surface area contributed by atoms with Crippen molar-refractivity contribution < 1.29 is 5.11 Å². The van der Waals surface area contributed by atoms with Crippen LogP contribution in [0.2, 0.25) is 0 Å². The largest absolute Gasteiger partial charge is 0.387 e. The van der Waals surface area contributed by atoms with Gasteiger partial charge in [-0.3, -0.25) is 0 Å². The van der Waals surface area contributed by atoms with Crippen molar-refractivity contribution in [3.63, 3.8) is 0 Å². The van der Waals surface area contributed by atoms with Gasteiger partial charge in [0.2, 0.25) is 0 Å². The van der Waals surface area contributed by atoms with E-state index in [1.807, 2.05) is 11.3 Å². The van der Waals surface area contributed by atoms with Crippen LogP contribution in [0.15, 0.2) is 36.4 Å². The van der Waals surface area contributed by atoms with Crippen LogP contribution in [0.4, 0.5) is 0 Å². The zero-order valence-corrected chi connectivity index (χ0v) is 11.7. The van der Waals surface area contributed by atoms with Crippen molar-refractivity contribution in [3.8, 4) is 0 Å². The Balaban J connectivity index is 1.51. The van der Waals surface area contributed by atoms with Gasteiger partial charge in [0.05, 0.1) is 6.10 Å². The van der Waals surface area contributed by atoms with Crippen molar-refractivity contribution in [1.29, 1.82) is 0 Å². The third-order valence-corrected chi connectivity index (χ3v) is 5.84. The van der Waals surface area contributed by atoms with Crippen molar-refractivity contribution in [2.75, 3.05) is 0 Å². The Morgan fingerprint density at radius 1 is 1.16 bits per heavy atom.